The van der Waals surface area contributed by atoms with Crippen LogP contribution in [0.5, 0.6) is 0 Å². The first-order valence-electron chi connectivity index (χ1n) is 11.3. The van der Waals surface area contributed by atoms with E-state index < -0.39 is 5.97 Å². The van der Waals surface area contributed by atoms with E-state index >= 15 is 0 Å². The first kappa shape index (κ1) is 24.8. The number of ether oxygens (including phenoxy) is 1. The molecule has 3 aromatic rings. The highest BCUT2D eigenvalue weighted by Crippen LogP contribution is 2.37. The molecule has 4 heterocycles. The largest absolute Gasteiger partial charge is 0.462 e. The van der Waals surface area contributed by atoms with Crippen molar-refractivity contribution in [2.45, 2.75) is 33.6 Å². The molecule has 0 amide bonds. The second-order valence-electron chi connectivity index (χ2n) is 8.51. The molecule has 1 saturated heterocycles. The summed E-state index contributed by atoms with van der Waals surface area (Å²) in [6.07, 6.45) is 5.81. The number of aromatic nitrogens is 4. The molecule has 0 bridgehead atoms. The maximum atomic E-state index is 13.0. The van der Waals surface area contributed by atoms with Crippen LogP contribution < -0.4 is 4.90 Å². The zero-order valence-electron chi connectivity index (χ0n) is 19.7. The second kappa shape index (κ2) is 10.5. The van der Waals surface area contributed by atoms with Crippen LogP contribution >= 0.6 is 22.9 Å². The van der Waals surface area contributed by atoms with Gasteiger partial charge in [-0.15, -0.1) is 0 Å². The van der Waals surface area contributed by atoms with Crippen LogP contribution in [0.25, 0.3) is 11.4 Å². The van der Waals surface area contributed by atoms with E-state index in [0.29, 0.717) is 51.6 Å². The number of H-pyrrole nitrogens is 1. The number of Topliss-reactive ketones (excluding diaryl/α,β-unsaturated/α-hetero) is 1. The van der Waals surface area contributed by atoms with Gasteiger partial charge in [0.05, 0.1) is 23.4 Å². The predicted molar refractivity (Wildman–Crippen MR) is 133 cm³/mol. The molecule has 182 valence electrons. The minimum atomic E-state index is -0.432. The molecular weight excluding hydrogens is 488 g/mol. The number of piperidine rings is 1. The van der Waals surface area contributed by atoms with Gasteiger partial charge in [0.25, 0.3) is 0 Å². The van der Waals surface area contributed by atoms with Crippen LogP contribution in [-0.4, -0.2) is 51.4 Å². The molecule has 35 heavy (non-hydrogen) atoms. The highest BCUT2D eigenvalue weighted by Gasteiger charge is 2.32. The number of thiazole rings is 1. The number of hydrogen-bond donors (Lipinski definition) is 1. The van der Waals surface area contributed by atoms with E-state index in [1.165, 1.54) is 11.3 Å². The molecular formula is C24H25ClN6O3S. The van der Waals surface area contributed by atoms with Crippen LogP contribution in [0.4, 0.5) is 5.13 Å². The molecule has 0 aliphatic carbocycles. The first-order valence-corrected chi connectivity index (χ1v) is 12.5. The Morgan fingerprint density at radius 3 is 2.86 bits per heavy atom. The van der Waals surface area contributed by atoms with Crippen molar-refractivity contribution >= 4 is 39.8 Å². The molecule has 3 aromatic heterocycles. The Morgan fingerprint density at radius 2 is 2.20 bits per heavy atom. The summed E-state index contributed by atoms with van der Waals surface area (Å²) in [6, 6.07) is 2.04. The molecule has 1 aliphatic heterocycles. The molecule has 4 rings (SSSR count). The van der Waals surface area contributed by atoms with Gasteiger partial charge in [-0.1, -0.05) is 29.9 Å². The highest BCUT2D eigenvalue weighted by atomic mass is 35.5. The number of carbonyl (C=O) groups is 2. The molecule has 0 aromatic carbocycles. The number of anilines is 1. The standard InChI is InChI=1S/C24H25ClN6O3S/c1-4-34-23(33)22-21(17-11-27-6-7-28-17)30-24(35-22)31-8-5-15(13(2)12-31)9-18(32)20-16(10-26)19(25)14(3)29-20/h6-7,11,13,15,29H,4-5,8-9,12H2,1-3H3/t13-,15-/m0/s1. The van der Waals surface area contributed by atoms with Crippen molar-refractivity contribution in [1.29, 1.82) is 5.26 Å². The minimum Gasteiger partial charge on any atom is -0.462 e. The number of nitriles is 1. The average Bonchev–Trinajstić information content (AvgIpc) is 3.43. The number of esters is 1. The number of nitrogens with one attached hydrogen (secondary N) is 1. The van der Waals surface area contributed by atoms with Crippen LogP contribution in [0.1, 0.15) is 58.1 Å². The lowest BCUT2D eigenvalue weighted by Gasteiger charge is -2.36. The zero-order valence-corrected chi connectivity index (χ0v) is 21.2. The van der Waals surface area contributed by atoms with E-state index in [9.17, 15) is 14.9 Å². The van der Waals surface area contributed by atoms with Crippen LogP contribution in [0.2, 0.25) is 5.02 Å². The SMILES string of the molecule is CCOC(=O)c1sc(N2CC[C@@H](CC(=O)c3[nH]c(C)c(Cl)c3C#N)[C@@H](C)C2)nc1-c1cnccn1. The predicted octanol–water partition coefficient (Wildman–Crippen LogP) is 4.67. The van der Waals surface area contributed by atoms with Crippen LogP contribution in [-0.2, 0) is 4.74 Å². The lowest BCUT2D eigenvalue weighted by Crippen LogP contribution is -2.40. The number of ketones is 1. The van der Waals surface area contributed by atoms with Crippen molar-refractivity contribution in [1.82, 2.24) is 19.9 Å². The summed E-state index contributed by atoms with van der Waals surface area (Å²) >= 11 is 7.44. The topological polar surface area (TPSA) is 125 Å². The van der Waals surface area contributed by atoms with Gasteiger partial charge < -0.3 is 14.6 Å². The van der Waals surface area contributed by atoms with Crippen LogP contribution in [0.15, 0.2) is 18.6 Å². The van der Waals surface area contributed by atoms with Gasteiger partial charge in [0.2, 0.25) is 0 Å². The van der Waals surface area contributed by atoms with Gasteiger partial charge in [-0.25, -0.2) is 9.78 Å². The zero-order chi connectivity index (χ0) is 25.1. The molecule has 9 nitrogen and oxygen atoms in total. The fraction of sp³-hybridized carbons (Fsp3) is 0.417. The Kier molecular flexibility index (Phi) is 7.48. The van der Waals surface area contributed by atoms with Gasteiger partial charge in [0.15, 0.2) is 10.9 Å². The fourth-order valence-corrected chi connectivity index (χ4v) is 5.49. The number of nitrogens with zero attached hydrogens (tertiary/aromatic N) is 5. The first-order chi connectivity index (χ1) is 16.8. The summed E-state index contributed by atoms with van der Waals surface area (Å²) in [6.45, 7) is 7.25. The molecule has 11 heteroatoms. The van der Waals surface area contributed by atoms with Crippen molar-refractivity contribution < 1.29 is 14.3 Å². The molecule has 1 N–H and O–H groups in total. The quantitative estimate of drug-likeness (QED) is 0.357. The van der Waals surface area contributed by atoms with Crippen LogP contribution in [0.3, 0.4) is 0 Å². The Morgan fingerprint density at radius 1 is 1.40 bits per heavy atom. The number of carbonyl (C=O) groups excluding carboxylic acids is 2. The van der Waals surface area contributed by atoms with E-state index in [2.05, 4.69) is 26.8 Å². The summed E-state index contributed by atoms with van der Waals surface area (Å²) in [5.41, 5.74) is 2.10. The minimum absolute atomic E-state index is 0.106. The van der Waals surface area contributed by atoms with Gasteiger partial charge >= 0.3 is 5.97 Å². The maximum Gasteiger partial charge on any atom is 0.350 e. The van der Waals surface area contributed by atoms with Gasteiger partial charge in [0.1, 0.15) is 28.0 Å². The van der Waals surface area contributed by atoms with Crippen molar-refractivity contribution in [2.24, 2.45) is 11.8 Å². The van der Waals surface area contributed by atoms with Gasteiger partial charge in [-0.3, -0.25) is 14.8 Å². The Labute approximate surface area is 212 Å². The van der Waals surface area contributed by atoms with Crippen molar-refractivity contribution in [3.05, 3.63) is 45.4 Å². The molecule has 0 unspecified atom stereocenters. The summed E-state index contributed by atoms with van der Waals surface area (Å²) in [5, 5.41) is 10.4. The smallest absolute Gasteiger partial charge is 0.350 e. The number of aromatic amines is 1. The highest BCUT2D eigenvalue weighted by molar-refractivity contribution is 7.17. The molecule has 0 radical (unpaired) electrons. The van der Waals surface area contributed by atoms with E-state index in [1.54, 1.807) is 32.4 Å². The lowest BCUT2D eigenvalue weighted by atomic mass is 9.83. The van der Waals surface area contributed by atoms with Crippen molar-refractivity contribution in [2.75, 3.05) is 24.6 Å². The molecule has 0 spiro atoms. The lowest BCUT2D eigenvalue weighted by molar-refractivity contribution is 0.0532. The van der Waals surface area contributed by atoms with Crippen LogP contribution in [0, 0.1) is 30.1 Å². The summed E-state index contributed by atoms with van der Waals surface area (Å²) in [5.74, 6) is -0.194. The molecule has 2 atom stereocenters. The Bertz CT molecular complexity index is 1280. The maximum absolute atomic E-state index is 13.0. The van der Waals surface area contributed by atoms with Crippen molar-refractivity contribution in [3.63, 3.8) is 0 Å². The number of halogens is 1. The number of rotatable bonds is 7. The molecule has 1 aliphatic rings. The van der Waals surface area contributed by atoms with Gasteiger partial charge in [0, 0.05) is 37.6 Å². The van der Waals surface area contributed by atoms with E-state index in [1.807, 2.05) is 6.07 Å². The third-order valence-electron chi connectivity index (χ3n) is 6.19. The van der Waals surface area contributed by atoms with Gasteiger partial charge in [-0.05, 0) is 32.1 Å². The summed E-state index contributed by atoms with van der Waals surface area (Å²) < 4.78 is 5.24. The second-order valence-corrected chi connectivity index (χ2v) is 9.87. The van der Waals surface area contributed by atoms with E-state index in [4.69, 9.17) is 21.3 Å². The fourth-order valence-electron chi connectivity index (χ4n) is 4.30. The normalized spacial score (nSPS) is 17.7. The summed E-state index contributed by atoms with van der Waals surface area (Å²) in [4.78, 5) is 44.2. The summed E-state index contributed by atoms with van der Waals surface area (Å²) in [7, 11) is 0. The molecule has 0 saturated carbocycles. The monoisotopic (exact) mass is 512 g/mol. The molecule has 1 fully saturated rings. The number of aryl methyl sites for hydroxylation is 1. The van der Waals surface area contributed by atoms with E-state index in [0.717, 1.165) is 6.42 Å². The Balaban J connectivity index is 1.51. The average molecular weight is 513 g/mol. The van der Waals surface area contributed by atoms with Gasteiger partial charge in [-0.2, -0.15) is 5.26 Å². The van der Waals surface area contributed by atoms with E-state index in [-0.39, 0.29) is 35.5 Å². The third kappa shape index (κ3) is 5.06. The Hall–Kier alpha value is -3.29. The van der Waals surface area contributed by atoms with Crippen molar-refractivity contribution in [3.8, 4) is 17.5 Å². The number of hydrogen-bond acceptors (Lipinski definition) is 9. The third-order valence-corrected chi connectivity index (χ3v) is 7.75.